The lowest BCUT2D eigenvalue weighted by Gasteiger charge is -2.34. The SMILES string of the molecule is CN[C@H]1c2ccccc2OC[C@H]1NC(=O)[C@@H](C)c1ccccc1. The molecule has 4 nitrogen and oxygen atoms in total. The van der Waals surface area contributed by atoms with Crippen molar-refractivity contribution in [2.24, 2.45) is 0 Å². The summed E-state index contributed by atoms with van der Waals surface area (Å²) in [6, 6.07) is 17.7. The summed E-state index contributed by atoms with van der Waals surface area (Å²) in [4.78, 5) is 12.6. The van der Waals surface area contributed by atoms with Gasteiger partial charge in [-0.25, -0.2) is 0 Å². The number of amides is 1. The lowest BCUT2D eigenvalue weighted by Crippen LogP contribution is -2.50. The van der Waals surface area contributed by atoms with E-state index in [-0.39, 0.29) is 23.9 Å². The molecule has 2 N–H and O–H groups in total. The number of nitrogens with one attached hydrogen (secondary N) is 2. The summed E-state index contributed by atoms with van der Waals surface area (Å²) in [5, 5.41) is 6.43. The van der Waals surface area contributed by atoms with Crippen LogP contribution in [-0.2, 0) is 4.79 Å². The van der Waals surface area contributed by atoms with Crippen LogP contribution in [0.15, 0.2) is 54.6 Å². The summed E-state index contributed by atoms with van der Waals surface area (Å²) in [7, 11) is 1.91. The van der Waals surface area contributed by atoms with E-state index < -0.39 is 0 Å². The van der Waals surface area contributed by atoms with E-state index in [2.05, 4.69) is 10.6 Å². The normalized spacial score (nSPS) is 21.0. The van der Waals surface area contributed by atoms with Crippen molar-refractivity contribution in [2.75, 3.05) is 13.7 Å². The van der Waals surface area contributed by atoms with E-state index >= 15 is 0 Å². The topological polar surface area (TPSA) is 50.4 Å². The van der Waals surface area contributed by atoms with Crippen molar-refractivity contribution in [1.29, 1.82) is 0 Å². The third-order valence-electron chi connectivity index (χ3n) is 4.41. The van der Waals surface area contributed by atoms with Gasteiger partial charge in [0, 0.05) is 5.56 Å². The molecular weight excluding hydrogens is 288 g/mol. The van der Waals surface area contributed by atoms with Gasteiger partial charge < -0.3 is 15.4 Å². The van der Waals surface area contributed by atoms with Crippen molar-refractivity contribution in [3.05, 3.63) is 65.7 Å². The molecule has 2 aromatic carbocycles. The van der Waals surface area contributed by atoms with Crippen LogP contribution in [0.4, 0.5) is 0 Å². The van der Waals surface area contributed by atoms with E-state index in [9.17, 15) is 4.79 Å². The van der Waals surface area contributed by atoms with Gasteiger partial charge in [-0.3, -0.25) is 4.79 Å². The molecule has 0 spiro atoms. The standard InChI is InChI=1S/C19H22N2O2/c1-13(14-8-4-3-5-9-14)19(22)21-16-12-23-17-11-7-6-10-15(17)18(16)20-2/h3-11,13,16,18,20H,12H2,1-2H3,(H,21,22)/t13-,16+,18-/m0/s1. The second-order valence-corrected chi connectivity index (χ2v) is 5.86. The van der Waals surface area contributed by atoms with Crippen molar-refractivity contribution in [3.8, 4) is 5.75 Å². The van der Waals surface area contributed by atoms with E-state index in [1.807, 2.05) is 68.6 Å². The highest BCUT2D eigenvalue weighted by atomic mass is 16.5. The van der Waals surface area contributed by atoms with Crippen LogP contribution in [0.1, 0.15) is 30.0 Å². The number of ether oxygens (including phenoxy) is 1. The van der Waals surface area contributed by atoms with Crippen molar-refractivity contribution < 1.29 is 9.53 Å². The Morgan fingerprint density at radius 3 is 2.57 bits per heavy atom. The molecule has 1 heterocycles. The molecule has 0 aliphatic carbocycles. The molecule has 23 heavy (non-hydrogen) atoms. The van der Waals surface area contributed by atoms with Gasteiger partial charge >= 0.3 is 0 Å². The average molecular weight is 310 g/mol. The Morgan fingerprint density at radius 1 is 1.13 bits per heavy atom. The van der Waals surface area contributed by atoms with E-state index in [0.717, 1.165) is 16.9 Å². The van der Waals surface area contributed by atoms with Crippen LogP contribution >= 0.6 is 0 Å². The number of carbonyl (C=O) groups is 1. The van der Waals surface area contributed by atoms with Crippen LogP contribution < -0.4 is 15.4 Å². The van der Waals surface area contributed by atoms with Crippen molar-refractivity contribution in [3.63, 3.8) is 0 Å². The van der Waals surface area contributed by atoms with Gasteiger partial charge in [-0.2, -0.15) is 0 Å². The average Bonchev–Trinajstić information content (AvgIpc) is 2.61. The lowest BCUT2D eigenvalue weighted by molar-refractivity contribution is -0.123. The highest BCUT2D eigenvalue weighted by molar-refractivity contribution is 5.83. The molecule has 1 aliphatic rings. The van der Waals surface area contributed by atoms with Crippen molar-refractivity contribution in [1.82, 2.24) is 10.6 Å². The number of rotatable bonds is 4. The number of hydrogen-bond donors (Lipinski definition) is 2. The third kappa shape index (κ3) is 3.22. The lowest BCUT2D eigenvalue weighted by atomic mass is 9.94. The van der Waals surface area contributed by atoms with E-state index in [1.165, 1.54) is 0 Å². The van der Waals surface area contributed by atoms with Crippen LogP contribution in [-0.4, -0.2) is 25.6 Å². The fraction of sp³-hybridized carbons (Fsp3) is 0.316. The predicted octanol–water partition coefficient (Wildman–Crippen LogP) is 2.63. The first-order valence-electron chi connectivity index (χ1n) is 7.95. The molecular formula is C19H22N2O2. The molecule has 0 radical (unpaired) electrons. The molecule has 0 fully saturated rings. The highest BCUT2D eigenvalue weighted by Gasteiger charge is 2.31. The Kier molecular flexibility index (Phi) is 4.63. The quantitative estimate of drug-likeness (QED) is 0.913. The maximum atomic E-state index is 12.6. The van der Waals surface area contributed by atoms with Crippen molar-refractivity contribution in [2.45, 2.75) is 24.9 Å². The van der Waals surface area contributed by atoms with Crippen LogP contribution in [0.25, 0.3) is 0 Å². The van der Waals surface area contributed by atoms with E-state index in [1.54, 1.807) is 0 Å². The van der Waals surface area contributed by atoms with Crippen LogP contribution in [0.5, 0.6) is 5.75 Å². The molecule has 120 valence electrons. The van der Waals surface area contributed by atoms with Gasteiger partial charge in [0.2, 0.25) is 5.91 Å². The Morgan fingerprint density at radius 2 is 1.83 bits per heavy atom. The highest BCUT2D eigenvalue weighted by Crippen LogP contribution is 2.31. The first kappa shape index (κ1) is 15.6. The van der Waals surface area contributed by atoms with E-state index in [0.29, 0.717) is 6.61 Å². The van der Waals surface area contributed by atoms with Crippen LogP contribution in [0.3, 0.4) is 0 Å². The number of likely N-dealkylation sites (N-methyl/N-ethyl adjacent to an activating group) is 1. The first-order valence-corrected chi connectivity index (χ1v) is 7.95. The molecule has 0 aromatic heterocycles. The molecule has 2 aromatic rings. The first-order chi connectivity index (χ1) is 11.2. The summed E-state index contributed by atoms with van der Waals surface area (Å²) in [5.74, 6) is 0.712. The molecule has 1 amide bonds. The second kappa shape index (κ2) is 6.84. The van der Waals surface area contributed by atoms with Crippen molar-refractivity contribution >= 4 is 5.91 Å². The number of benzene rings is 2. The molecule has 3 rings (SSSR count). The van der Waals surface area contributed by atoms with Crippen LogP contribution in [0, 0.1) is 0 Å². The summed E-state index contributed by atoms with van der Waals surface area (Å²) in [5.41, 5.74) is 2.10. The molecule has 4 heteroatoms. The van der Waals surface area contributed by atoms with Gasteiger partial charge in [0.05, 0.1) is 18.0 Å². The minimum absolute atomic E-state index is 0.0180. The number of carbonyl (C=O) groups excluding carboxylic acids is 1. The summed E-state index contributed by atoms with van der Waals surface area (Å²) >= 11 is 0. The zero-order valence-corrected chi connectivity index (χ0v) is 13.5. The van der Waals surface area contributed by atoms with Gasteiger partial charge in [0.15, 0.2) is 0 Å². The number of hydrogen-bond acceptors (Lipinski definition) is 3. The zero-order chi connectivity index (χ0) is 16.2. The Labute approximate surface area is 136 Å². The molecule has 3 atom stereocenters. The van der Waals surface area contributed by atoms with Gasteiger partial charge in [-0.1, -0.05) is 48.5 Å². The maximum absolute atomic E-state index is 12.6. The Bertz CT molecular complexity index is 672. The summed E-state index contributed by atoms with van der Waals surface area (Å²) in [6.07, 6.45) is 0. The monoisotopic (exact) mass is 310 g/mol. The van der Waals surface area contributed by atoms with E-state index in [4.69, 9.17) is 4.74 Å². The van der Waals surface area contributed by atoms with Gasteiger partial charge in [0.1, 0.15) is 12.4 Å². The zero-order valence-electron chi connectivity index (χ0n) is 13.5. The fourth-order valence-electron chi connectivity index (χ4n) is 3.04. The molecule has 0 bridgehead atoms. The summed E-state index contributed by atoms with van der Waals surface area (Å²) in [6.45, 7) is 2.40. The fourth-order valence-corrected chi connectivity index (χ4v) is 3.04. The smallest absolute Gasteiger partial charge is 0.227 e. The molecule has 0 saturated heterocycles. The number of fused-ring (bicyclic) bond motifs is 1. The van der Waals surface area contributed by atoms with Gasteiger partial charge in [-0.05, 0) is 25.6 Å². The second-order valence-electron chi connectivity index (χ2n) is 5.86. The largest absolute Gasteiger partial charge is 0.491 e. The molecule has 1 aliphatic heterocycles. The number of para-hydroxylation sites is 1. The summed E-state index contributed by atoms with van der Waals surface area (Å²) < 4.78 is 5.80. The molecule has 0 unspecified atom stereocenters. The van der Waals surface area contributed by atoms with Crippen LogP contribution in [0.2, 0.25) is 0 Å². The Balaban J connectivity index is 1.74. The minimum atomic E-state index is -0.189. The maximum Gasteiger partial charge on any atom is 0.227 e. The third-order valence-corrected chi connectivity index (χ3v) is 4.41. The molecule has 0 saturated carbocycles. The van der Waals surface area contributed by atoms with Gasteiger partial charge in [0.25, 0.3) is 0 Å². The Hall–Kier alpha value is -2.33. The minimum Gasteiger partial charge on any atom is -0.491 e. The van der Waals surface area contributed by atoms with Gasteiger partial charge in [-0.15, -0.1) is 0 Å². The predicted molar refractivity (Wildman–Crippen MR) is 90.5 cm³/mol.